The number of aliphatic hydroxyl groups is 1. The van der Waals surface area contributed by atoms with Crippen molar-refractivity contribution in [3.8, 4) is 0 Å². The molecule has 6 nitrogen and oxygen atoms in total. The van der Waals surface area contributed by atoms with E-state index in [2.05, 4.69) is 14.7 Å². The van der Waals surface area contributed by atoms with Gasteiger partial charge in [0.25, 0.3) is 0 Å². The first-order valence-electron chi connectivity index (χ1n) is 5.22. The molecule has 0 atom stereocenters. The molecule has 0 spiro atoms. The van der Waals surface area contributed by atoms with E-state index in [1.807, 2.05) is 0 Å². The Morgan fingerprint density at radius 2 is 2.00 bits per heavy atom. The molecule has 0 saturated heterocycles. The van der Waals surface area contributed by atoms with Crippen LogP contribution in [0.15, 0.2) is 17.3 Å². The van der Waals surface area contributed by atoms with Gasteiger partial charge in [-0.2, -0.15) is 11.8 Å². The molecule has 0 fully saturated rings. The van der Waals surface area contributed by atoms with Gasteiger partial charge in [0.1, 0.15) is 4.90 Å². The first-order valence-corrected chi connectivity index (χ1v) is 8.23. The van der Waals surface area contributed by atoms with E-state index in [0.717, 1.165) is 18.1 Å². The van der Waals surface area contributed by atoms with Crippen LogP contribution in [0.25, 0.3) is 0 Å². The second-order valence-electron chi connectivity index (χ2n) is 3.28. The van der Waals surface area contributed by atoms with Crippen LogP contribution in [0.5, 0.6) is 0 Å². The number of thioether (sulfide) groups is 1. The van der Waals surface area contributed by atoms with Crippen LogP contribution in [0.3, 0.4) is 0 Å². The molecule has 0 saturated carbocycles. The predicted molar refractivity (Wildman–Crippen MR) is 71.3 cm³/mol. The monoisotopic (exact) mass is 311 g/mol. The molecule has 0 aliphatic rings. The van der Waals surface area contributed by atoms with Crippen molar-refractivity contribution in [3.63, 3.8) is 0 Å². The third-order valence-corrected chi connectivity index (χ3v) is 4.57. The molecule has 0 aliphatic heterocycles. The molecule has 18 heavy (non-hydrogen) atoms. The fraction of sp³-hybridized carbons (Fsp3) is 0.556. The normalized spacial score (nSPS) is 11.7. The number of halogens is 1. The van der Waals surface area contributed by atoms with E-state index >= 15 is 0 Å². The van der Waals surface area contributed by atoms with E-state index in [0.29, 0.717) is 18.7 Å². The highest BCUT2D eigenvalue weighted by Crippen LogP contribution is 2.08. The van der Waals surface area contributed by atoms with Gasteiger partial charge in [-0.3, -0.25) is 0 Å². The van der Waals surface area contributed by atoms with Crippen molar-refractivity contribution in [2.75, 3.05) is 24.7 Å². The van der Waals surface area contributed by atoms with E-state index in [4.69, 9.17) is 16.7 Å². The van der Waals surface area contributed by atoms with Gasteiger partial charge in [-0.1, -0.05) is 0 Å². The predicted octanol–water partition coefficient (Wildman–Crippen LogP) is 0.524. The second kappa shape index (κ2) is 7.90. The first-order chi connectivity index (χ1) is 8.56. The molecule has 1 aromatic rings. The third kappa shape index (κ3) is 5.49. The smallest absolute Gasteiger partial charge is 0.243 e. The molecule has 0 aliphatic carbocycles. The zero-order valence-corrected chi connectivity index (χ0v) is 11.9. The van der Waals surface area contributed by atoms with Gasteiger partial charge < -0.3 is 5.11 Å². The maximum Gasteiger partial charge on any atom is 0.243 e. The topological polar surface area (TPSA) is 92.2 Å². The highest BCUT2D eigenvalue weighted by atomic mass is 35.5. The summed E-state index contributed by atoms with van der Waals surface area (Å²) in [6.45, 7) is 0.474. The molecule has 0 bridgehead atoms. The Hall–Kier alpha value is -0.410. The summed E-state index contributed by atoms with van der Waals surface area (Å²) in [5, 5.41) is 8.58. The minimum atomic E-state index is -3.57. The van der Waals surface area contributed by atoms with Crippen molar-refractivity contribution in [1.82, 2.24) is 14.7 Å². The number of aromatic nitrogens is 2. The number of rotatable bonds is 8. The molecule has 0 radical (unpaired) electrons. The summed E-state index contributed by atoms with van der Waals surface area (Å²) >= 11 is 7.05. The molecule has 0 aromatic carbocycles. The molecule has 1 aromatic heterocycles. The quantitative estimate of drug-likeness (QED) is 0.537. The Balaban J connectivity index is 2.38. The van der Waals surface area contributed by atoms with Gasteiger partial charge >= 0.3 is 0 Å². The fourth-order valence-electron chi connectivity index (χ4n) is 1.04. The van der Waals surface area contributed by atoms with Crippen molar-refractivity contribution in [3.05, 3.63) is 17.7 Å². The van der Waals surface area contributed by atoms with Gasteiger partial charge in [-0.25, -0.2) is 23.1 Å². The summed E-state index contributed by atoms with van der Waals surface area (Å²) in [6, 6.07) is 0. The van der Waals surface area contributed by atoms with Crippen LogP contribution in [0.4, 0.5) is 0 Å². The van der Waals surface area contributed by atoms with Crippen molar-refractivity contribution >= 4 is 33.4 Å². The molecule has 102 valence electrons. The molecule has 0 unspecified atom stereocenters. The number of sulfonamides is 1. The van der Waals surface area contributed by atoms with Crippen LogP contribution in [0, 0.1) is 0 Å². The highest BCUT2D eigenvalue weighted by molar-refractivity contribution is 7.99. The molecular weight excluding hydrogens is 298 g/mol. The Morgan fingerprint density at radius 3 is 2.61 bits per heavy atom. The van der Waals surface area contributed by atoms with E-state index in [9.17, 15) is 8.42 Å². The molecule has 9 heteroatoms. The number of hydrogen-bond acceptors (Lipinski definition) is 6. The third-order valence-electron chi connectivity index (χ3n) is 1.89. The van der Waals surface area contributed by atoms with Gasteiger partial charge in [-0.05, 0) is 23.8 Å². The zero-order chi connectivity index (χ0) is 13.4. The van der Waals surface area contributed by atoms with Crippen LogP contribution in [-0.2, 0) is 10.0 Å². The number of hydrogen-bond donors (Lipinski definition) is 2. The molecule has 2 N–H and O–H groups in total. The van der Waals surface area contributed by atoms with Crippen molar-refractivity contribution in [1.29, 1.82) is 0 Å². The van der Waals surface area contributed by atoms with Crippen molar-refractivity contribution in [2.45, 2.75) is 11.3 Å². The average Bonchev–Trinajstić information content (AvgIpc) is 2.34. The lowest BCUT2D eigenvalue weighted by atomic mass is 10.5. The maximum absolute atomic E-state index is 11.7. The Bertz CT molecular complexity index is 453. The minimum absolute atomic E-state index is 0.00717. The number of aliphatic hydroxyl groups excluding tert-OH is 1. The van der Waals surface area contributed by atoms with E-state index in [1.165, 1.54) is 0 Å². The van der Waals surface area contributed by atoms with Crippen LogP contribution < -0.4 is 4.72 Å². The summed E-state index contributed by atoms with van der Waals surface area (Å²) in [7, 11) is -3.57. The van der Waals surface area contributed by atoms with Gasteiger partial charge in [-0.15, -0.1) is 0 Å². The summed E-state index contributed by atoms with van der Waals surface area (Å²) in [6.07, 6.45) is 3.04. The maximum atomic E-state index is 11.7. The van der Waals surface area contributed by atoms with E-state index < -0.39 is 10.0 Å². The van der Waals surface area contributed by atoms with Gasteiger partial charge in [0.2, 0.25) is 15.3 Å². The van der Waals surface area contributed by atoms with E-state index in [1.54, 1.807) is 11.8 Å². The number of nitrogens with zero attached hydrogens (tertiary/aromatic N) is 2. The summed E-state index contributed by atoms with van der Waals surface area (Å²) in [4.78, 5) is 7.23. The zero-order valence-electron chi connectivity index (χ0n) is 9.54. The van der Waals surface area contributed by atoms with E-state index in [-0.39, 0.29) is 16.8 Å². The Morgan fingerprint density at radius 1 is 1.33 bits per heavy atom. The summed E-state index contributed by atoms with van der Waals surface area (Å²) in [5.74, 6) is 1.45. The van der Waals surface area contributed by atoms with Crippen molar-refractivity contribution in [2.24, 2.45) is 0 Å². The van der Waals surface area contributed by atoms with Crippen LogP contribution >= 0.6 is 23.4 Å². The lowest BCUT2D eigenvalue weighted by Crippen LogP contribution is -2.26. The SMILES string of the molecule is O=S(=O)(NCCSCCCO)c1cnc(Cl)nc1. The Labute approximate surface area is 115 Å². The van der Waals surface area contributed by atoms with Crippen LogP contribution in [0.1, 0.15) is 6.42 Å². The molecule has 1 rings (SSSR count). The molecular formula is C9H14ClN3O3S2. The summed E-state index contributed by atoms with van der Waals surface area (Å²) < 4.78 is 25.9. The lowest BCUT2D eigenvalue weighted by molar-refractivity contribution is 0.296. The van der Waals surface area contributed by atoms with Crippen molar-refractivity contribution < 1.29 is 13.5 Å². The minimum Gasteiger partial charge on any atom is -0.396 e. The molecule has 0 amide bonds. The van der Waals surface area contributed by atoms with Gasteiger partial charge in [0.15, 0.2) is 0 Å². The Kier molecular flexibility index (Phi) is 6.87. The second-order valence-corrected chi connectivity index (χ2v) is 6.60. The number of nitrogens with one attached hydrogen (secondary N) is 1. The highest BCUT2D eigenvalue weighted by Gasteiger charge is 2.14. The van der Waals surface area contributed by atoms with Crippen LogP contribution in [-0.4, -0.2) is 48.1 Å². The fourth-order valence-corrected chi connectivity index (χ4v) is 2.97. The molecule has 1 heterocycles. The average molecular weight is 312 g/mol. The lowest BCUT2D eigenvalue weighted by Gasteiger charge is -2.05. The standard InChI is InChI=1S/C9H14ClN3O3S2/c10-9-11-6-8(7-12-9)18(15,16)13-2-5-17-4-1-3-14/h6-7,13-14H,1-5H2. The van der Waals surface area contributed by atoms with Crippen LogP contribution in [0.2, 0.25) is 5.28 Å². The first kappa shape index (κ1) is 15.6. The van der Waals surface area contributed by atoms with Gasteiger partial charge in [0.05, 0.1) is 12.4 Å². The van der Waals surface area contributed by atoms with Gasteiger partial charge in [0, 0.05) is 18.9 Å². The largest absolute Gasteiger partial charge is 0.396 e. The summed E-state index contributed by atoms with van der Waals surface area (Å²) in [5.41, 5.74) is 0.